The molecule has 0 saturated carbocycles. The molecule has 2 aromatic heterocycles. The number of carbonyl (C=O) groups is 5. The van der Waals surface area contributed by atoms with Crippen LogP contribution in [0.4, 0.5) is 5.69 Å². The Balaban J connectivity index is 2.20. The van der Waals surface area contributed by atoms with E-state index in [9.17, 15) is 28.8 Å². The number of aromatic nitrogens is 4. The minimum Gasteiger partial charge on any atom is -0.353 e. The lowest BCUT2D eigenvalue weighted by atomic mass is 10.1. The fraction of sp³-hybridized carbons (Fsp3) is 0.333. The number of hydrogen-bond acceptors (Lipinski definition) is 8. The Morgan fingerprint density at radius 3 is 2.61 bits per heavy atom. The van der Waals surface area contributed by atoms with Crippen molar-refractivity contribution in [2.24, 2.45) is 7.05 Å². The van der Waals surface area contributed by atoms with Crippen molar-refractivity contribution in [1.29, 1.82) is 0 Å². The van der Waals surface area contributed by atoms with Crippen LogP contribution in [0.15, 0.2) is 29.5 Å². The maximum Gasteiger partial charge on any atom is 0.291 e. The summed E-state index contributed by atoms with van der Waals surface area (Å²) < 4.78 is 2.38. The highest BCUT2D eigenvalue weighted by Gasteiger charge is 2.26. The van der Waals surface area contributed by atoms with Gasteiger partial charge in [0, 0.05) is 26.7 Å². The molecule has 3 N–H and O–H groups in total. The van der Waals surface area contributed by atoms with Crippen LogP contribution >= 0.6 is 0 Å². The molecule has 0 radical (unpaired) electrons. The van der Waals surface area contributed by atoms with Gasteiger partial charge in [-0.15, -0.1) is 5.10 Å². The number of rotatable bonds is 10. The molecule has 164 valence electrons. The molecule has 3 amide bonds. The van der Waals surface area contributed by atoms with Crippen molar-refractivity contribution in [3.05, 3.63) is 40.8 Å². The number of amides is 3. The molecule has 0 fully saturated rings. The van der Waals surface area contributed by atoms with Crippen LogP contribution in [0, 0.1) is 0 Å². The average molecular weight is 431 g/mol. The van der Waals surface area contributed by atoms with E-state index in [0.29, 0.717) is 6.29 Å². The molecular weight excluding hydrogens is 410 g/mol. The molecular formula is C18H21N7O6. The molecule has 0 spiro atoms. The highest BCUT2D eigenvalue weighted by Crippen LogP contribution is 2.06. The molecule has 2 heterocycles. The highest BCUT2D eigenvalue weighted by atomic mass is 16.2. The van der Waals surface area contributed by atoms with Crippen LogP contribution in [-0.2, 0) is 32.8 Å². The van der Waals surface area contributed by atoms with E-state index in [2.05, 4.69) is 26.0 Å². The third-order valence-electron chi connectivity index (χ3n) is 4.11. The third kappa shape index (κ3) is 6.16. The third-order valence-corrected chi connectivity index (χ3v) is 4.11. The lowest BCUT2D eigenvalue weighted by molar-refractivity contribution is -0.137. The van der Waals surface area contributed by atoms with E-state index in [1.54, 1.807) is 7.05 Å². The summed E-state index contributed by atoms with van der Waals surface area (Å²) >= 11 is 0. The van der Waals surface area contributed by atoms with Gasteiger partial charge in [0.1, 0.15) is 24.3 Å². The first-order valence-electron chi connectivity index (χ1n) is 9.12. The number of aldehydes is 1. The second-order valence-electron chi connectivity index (χ2n) is 6.34. The summed E-state index contributed by atoms with van der Waals surface area (Å²) in [5.74, 6) is -3.39. The van der Waals surface area contributed by atoms with E-state index in [1.165, 1.54) is 36.4 Å². The highest BCUT2D eigenvalue weighted by molar-refractivity contribution is 6.36. The van der Waals surface area contributed by atoms with E-state index in [0.717, 1.165) is 4.57 Å². The second kappa shape index (κ2) is 10.6. The molecule has 13 heteroatoms. The fourth-order valence-electron chi connectivity index (χ4n) is 2.54. The maximum atomic E-state index is 12.8. The van der Waals surface area contributed by atoms with Crippen LogP contribution in [0.1, 0.15) is 23.5 Å². The number of nitrogens with zero attached hydrogens (tertiary/aromatic N) is 4. The monoisotopic (exact) mass is 431 g/mol. The molecule has 0 saturated heterocycles. The molecule has 0 aliphatic heterocycles. The molecule has 0 aliphatic rings. The molecule has 0 aromatic carbocycles. The van der Waals surface area contributed by atoms with Crippen LogP contribution in [0.5, 0.6) is 0 Å². The lowest BCUT2D eigenvalue weighted by Gasteiger charge is -2.17. The number of Topliss-reactive ketones (excluding diaryl/α,β-unsaturated/α-hetero) is 1. The fourth-order valence-corrected chi connectivity index (χ4v) is 2.54. The molecule has 31 heavy (non-hydrogen) atoms. The van der Waals surface area contributed by atoms with Gasteiger partial charge in [0.2, 0.25) is 17.5 Å². The zero-order valence-electron chi connectivity index (χ0n) is 16.8. The Morgan fingerprint density at radius 2 is 2.00 bits per heavy atom. The number of likely N-dealkylation sites (N-methyl/N-ethyl adjacent to an activating group) is 1. The topological polar surface area (TPSA) is 174 Å². The Kier molecular flexibility index (Phi) is 7.88. The summed E-state index contributed by atoms with van der Waals surface area (Å²) in [5.41, 5.74) is -0.747. The zero-order valence-corrected chi connectivity index (χ0v) is 16.8. The minimum absolute atomic E-state index is 0.123. The predicted molar refractivity (Wildman–Crippen MR) is 106 cm³/mol. The standard InChI is InChI=1S/C18H21N7O6/c1-19-16(29)13(27)6-5-11(21-17(30)14-20-10-24(2)23-14)15(28)22-12-4-3-7-25(8-9-26)18(12)31/h3-4,7,9-11H,5-6,8H2,1-2H3,(H,19,29)(H,21,30)(H,22,28). The number of nitrogens with one attached hydrogen (secondary N) is 3. The van der Waals surface area contributed by atoms with Gasteiger partial charge in [-0.1, -0.05) is 0 Å². The van der Waals surface area contributed by atoms with Crippen molar-refractivity contribution in [2.75, 3.05) is 12.4 Å². The van der Waals surface area contributed by atoms with E-state index in [4.69, 9.17) is 0 Å². The Morgan fingerprint density at radius 1 is 1.26 bits per heavy atom. The molecule has 1 unspecified atom stereocenters. The molecule has 1 atom stereocenters. The number of hydrogen-bond donors (Lipinski definition) is 3. The van der Waals surface area contributed by atoms with Crippen LogP contribution in [0.2, 0.25) is 0 Å². The Bertz CT molecular complexity index is 1060. The van der Waals surface area contributed by atoms with Crippen LogP contribution in [0.25, 0.3) is 0 Å². The molecule has 2 rings (SSSR count). The first-order chi connectivity index (χ1) is 14.8. The van der Waals surface area contributed by atoms with E-state index < -0.39 is 35.1 Å². The van der Waals surface area contributed by atoms with Crippen molar-refractivity contribution in [3.8, 4) is 0 Å². The van der Waals surface area contributed by atoms with Gasteiger partial charge in [0.15, 0.2) is 0 Å². The second-order valence-corrected chi connectivity index (χ2v) is 6.34. The van der Waals surface area contributed by atoms with Gasteiger partial charge in [0.05, 0.1) is 6.54 Å². The van der Waals surface area contributed by atoms with Gasteiger partial charge >= 0.3 is 0 Å². The summed E-state index contributed by atoms with van der Waals surface area (Å²) in [6.07, 6.45) is 2.64. The Hall–Kier alpha value is -4.16. The molecule has 13 nitrogen and oxygen atoms in total. The van der Waals surface area contributed by atoms with Crippen molar-refractivity contribution < 1.29 is 24.0 Å². The van der Waals surface area contributed by atoms with Crippen LogP contribution < -0.4 is 21.5 Å². The van der Waals surface area contributed by atoms with Gasteiger partial charge in [-0.2, -0.15) is 0 Å². The van der Waals surface area contributed by atoms with Crippen LogP contribution in [-0.4, -0.2) is 62.2 Å². The summed E-state index contributed by atoms with van der Waals surface area (Å²) in [6, 6.07) is 1.52. The molecule has 2 aromatic rings. The Labute approximate surface area is 175 Å². The number of anilines is 1. The van der Waals surface area contributed by atoms with Crippen molar-refractivity contribution in [2.45, 2.75) is 25.4 Å². The number of ketones is 1. The minimum atomic E-state index is -1.27. The molecule has 0 aliphatic carbocycles. The van der Waals surface area contributed by atoms with Gasteiger partial charge in [0.25, 0.3) is 17.4 Å². The SMILES string of the molecule is CNC(=O)C(=O)CCC(NC(=O)c1ncn(C)n1)C(=O)Nc1cccn(CC=O)c1=O. The van der Waals surface area contributed by atoms with Gasteiger partial charge in [-0.05, 0) is 18.6 Å². The van der Waals surface area contributed by atoms with E-state index >= 15 is 0 Å². The zero-order chi connectivity index (χ0) is 23.0. The number of pyridine rings is 1. The first-order valence-corrected chi connectivity index (χ1v) is 9.12. The van der Waals surface area contributed by atoms with Gasteiger partial charge in [-0.25, -0.2) is 4.98 Å². The number of aryl methyl sites for hydroxylation is 1. The van der Waals surface area contributed by atoms with Crippen molar-refractivity contribution in [3.63, 3.8) is 0 Å². The largest absolute Gasteiger partial charge is 0.353 e. The lowest BCUT2D eigenvalue weighted by Crippen LogP contribution is -2.45. The van der Waals surface area contributed by atoms with Crippen LogP contribution in [0.3, 0.4) is 0 Å². The van der Waals surface area contributed by atoms with Gasteiger partial charge in [-0.3, -0.25) is 28.7 Å². The molecule has 0 bridgehead atoms. The number of carbonyl (C=O) groups excluding carboxylic acids is 5. The summed E-state index contributed by atoms with van der Waals surface area (Å²) in [6.45, 7) is -0.200. The first kappa shape index (κ1) is 23.1. The van der Waals surface area contributed by atoms with E-state index in [1.807, 2.05) is 0 Å². The smallest absolute Gasteiger partial charge is 0.291 e. The maximum absolute atomic E-state index is 12.8. The van der Waals surface area contributed by atoms with Crippen molar-refractivity contribution in [1.82, 2.24) is 30.0 Å². The quantitative estimate of drug-likeness (QED) is 0.286. The normalized spacial score (nSPS) is 11.3. The summed E-state index contributed by atoms with van der Waals surface area (Å²) in [5, 5.41) is 10.8. The predicted octanol–water partition coefficient (Wildman–Crippen LogP) is -1.99. The summed E-state index contributed by atoms with van der Waals surface area (Å²) in [4.78, 5) is 75.2. The van der Waals surface area contributed by atoms with Crippen molar-refractivity contribution >= 4 is 35.5 Å². The summed E-state index contributed by atoms with van der Waals surface area (Å²) in [7, 11) is 2.84. The average Bonchev–Trinajstić information content (AvgIpc) is 3.19. The van der Waals surface area contributed by atoms with Gasteiger partial charge < -0.3 is 25.3 Å². The van der Waals surface area contributed by atoms with E-state index in [-0.39, 0.29) is 30.9 Å².